The Morgan fingerprint density at radius 1 is 0.952 bits per heavy atom. The van der Waals surface area contributed by atoms with Crippen molar-refractivity contribution in [3.63, 3.8) is 0 Å². The topological polar surface area (TPSA) is 35.2 Å². The molecule has 0 saturated heterocycles. The van der Waals surface area contributed by atoms with Gasteiger partial charge in [-0.3, -0.25) is 0 Å². The molecule has 0 aliphatic carbocycles. The third-order valence-electron chi connectivity index (χ3n) is 2.68. The second-order valence-electron chi connectivity index (χ2n) is 4.23. The van der Waals surface area contributed by atoms with Crippen LogP contribution in [0.1, 0.15) is 11.1 Å². The van der Waals surface area contributed by atoms with Crippen molar-refractivity contribution in [2.45, 2.75) is 12.7 Å². The van der Waals surface area contributed by atoms with Gasteiger partial charge in [-0.25, -0.2) is 0 Å². The fourth-order valence-electron chi connectivity index (χ4n) is 1.78. The SMILES string of the molecule is NCc1ccc(Oc2cc(Cl)cc(Cl)c2)cc1C(F)(F)F. The number of ether oxygens (including phenoxy) is 1. The molecule has 0 radical (unpaired) electrons. The van der Waals surface area contributed by atoms with E-state index in [1.54, 1.807) is 0 Å². The average molecular weight is 336 g/mol. The number of hydrogen-bond acceptors (Lipinski definition) is 2. The fourth-order valence-corrected chi connectivity index (χ4v) is 2.29. The van der Waals surface area contributed by atoms with Gasteiger partial charge in [-0.1, -0.05) is 29.3 Å². The normalized spacial score (nSPS) is 11.5. The molecular formula is C14H10Cl2F3NO. The Labute approximate surface area is 129 Å². The van der Waals surface area contributed by atoms with Gasteiger partial charge in [0.2, 0.25) is 0 Å². The van der Waals surface area contributed by atoms with Gasteiger partial charge >= 0.3 is 6.18 Å². The van der Waals surface area contributed by atoms with E-state index in [0.717, 1.165) is 6.07 Å². The van der Waals surface area contributed by atoms with Crippen LogP contribution < -0.4 is 10.5 Å². The molecule has 2 aromatic carbocycles. The third kappa shape index (κ3) is 4.03. The molecule has 0 unspecified atom stereocenters. The summed E-state index contributed by atoms with van der Waals surface area (Å²) in [5, 5.41) is 0.652. The minimum absolute atomic E-state index is 0.000948. The Balaban J connectivity index is 2.37. The van der Waals surface area contributed by atoms with Crippen LogP contribution in [0.15, 0.2) is 36.4 Å². The van der Waals surface area contributed by atoms with Crippen LogP contribution in [0.4, 0.5) is 13.2 Å². The van der Waals surface area contributed by atoms with Crippen molar-refractivity contribution in [1.82, 2.24) is 0 Å². The standard InChI is InChI=1S/C14H10Cl2F3NO/c15-9-3-10(16)5-12(4-9)21-11-2-1-8(7-20)13(6-11)14(17,18)19/h1-6H,7,20H2. The maximum Gasteiger partial charge on any atom is 0.416 e. The molecule has 0 saturated carbocycles. The summed E-state index contributed by atoms with van der Waals surface area (Å²) in [4.78, 5) is 0. The lowest BCUT2D eigenvalue weighted by Gasteiger charge is -2.14. The van der Waals surface area contributed by atoms with E-state index in [1.807, 2.05) is 0 Å². The van der Waals surface area contributed by atoms with Crippen LogP contribution in [0, 0.1) is 0 Å². The van der Waals surface area contributed by atoms with Crippen molar-refractivity contribution in [2.75, 3.05) is 0 Å². The molecule has 0 fully saturated rings. The highest BCUT2D eigenvalue weighted by Crippen LogP contribution is 2.36. The van der Waals surface area contributed by atoms with Gasteiger partial charge in [0.1, 0.15) is 11.5 Å². The lowest BCUT2D eigenvalue weighted by molar-refractivity contribution is -0.138. The summed E-state index contributed by atoms with van der Waals surface area (Å²) in [7, 11) is 0. The Morgan fingerprint density at radius 3 is 2.10 bits per heavy atom. The van der Waals surface area contributed by atoms with Crippen LogP contribution in [0.2, 0.25) is 10.0 Å². The Morgan fingerprint density at radius 2 is 1.57 bits per heavy atom. The van der Waals surface area contributed by atoms with Gasteiger partial charge in [-0.15, -0.1) is 0 Å². The Kier molecular flexibility index (Phi) is 4.66. The average Bonchev–Trinajstić information content (AvgIpc) is 2.36. The van der Waals surface area contributed by atoms with Crippen LogP contribution in [-0.4, -0.2) is 0 Å². The molecule has 2 nitrogen and oxygen atoms in total. The number of hydrogen-bond donors (Lipinski definition) is 1. The van der Waals surface area contributed by atoms with Gasteiger partial charge in [0.25, 0.3) is 0 Å². The number of benzene rings is 2. The van der Waals surface area contributed by atoms with E-state index in [0.29, 0.717) is 10.0 Å². The van der Waals surface area contributed by atoms with Crippen molar-refractivity contribution < 1.29 is 17.9 Å². The quantitative estimate of drug-likeness (QED) is 0.829. The molecule has 21 heavy (non-hydrogen) atoms. The fraction of sp³-hybridized carbons (Fsp3) is 0.143. The molecule has 0 atom stereocenters. The number of halogens is 5. The van der Waals surface area contributed by atoms with Gasteiger partial charge in [-0.2, -0.15) is 13.2 Å². The van der Waals surface area contributed by atoms with E-state index >= 15 is 0 Å². The second kappa shape index (κ2) is 6.13. The molecule has 0 spiro atoms. The zero-order valence-electron chi connectivity index (χ0n) is 10.5. The first-order valence-electron chi connectivity index (χ1n) is 5.84. The maximum absolute atomic E-state index is 12.9. The van der Waals surface area contributed by atoms with E-state index < -0.39 is 11.7 Å². The van der Waals surface area contributed by atoms with Crippen molar-refractivity contribution in [3.8, 4) is 11.5 Å². The van der Waals surface area contributed by atoms with E-state index in [4.69, 9.17) is 33.7 Å². The minimum Gasteiger partial charge on any atom is -0.457 e. The van der Waals surface area contributed by atoms with Crippen molar-refractivity contribution >= 4 is 23.2 Å². The molecular weight excluding hydrogens is 326 g/mol. The highest BCUT2D eigenvalue weighted by atomic mass is 35.5. The van der Waals surface area contributed by atoms with E-state index in [2.05, 4.69) is 0 Å². The van der Waals surface area contributed by atoms with Gasteiger partial charge in [0.15, 0.2) is 0 Å². The summed E-state index contributed by atoms with van der Waals surface area (Å²) in [6, 6.07) is 8.00. The van der Waals surface area contributed by atoms with Crippen molar-refractivity contribution in [2.24, 2.45) is 5.73 Å². The second-order valence-corrected chi connectivity index (χ2v) is 5.10. The number of alkyl halides is 3. The molecule has 0 aliphatic rings. The van der Waals surface area contributed by atoms with Crippen molar-refractivity contribution in [3.05, 3.63) is 57.6 Å². The highest BCUT2D eigenvalue weighted by Gasteiger charge is 2.33. The molecule has 7 heteroatoms. The van der Waals surface area contributed by atoms with Crippen LogP contribution in [0.25, 0.3) is 0 Å². The largest absolute Gasteiger partial charge is 0.457 e. The molecule has 0 amide bonds. The van der Waals surface area contributed by atoms with Gasteiger partial charge in [0.05, 0.1) is 5.56 Å². The minimum atomic E-state index is -4.50. The van der Waals surface area contributed by atoms with Crippen LogP contribution >= 0.6 is 23.2 Å². The highest BCUT2D eigenvalue weighted by molar-refractivity contribution is 6.34. The zero-order valence-corrected chi connectivity index (χ0v) is 12.1. The summed E-state index contributed by atoms with van der Waals surface area (Å²) in [6.07, 6.45) is -4.50. The summed E-state index contributed by atoms with van der Waals surface area (Å²) in [5.41, 5.74) is 4.49. The number of rotatable bonds is 3. The predicted molar refractivity (Wildman–Crippen MR) is 75.9 cm³/mol. The Hall–Kier alpha value is -1.43. The van der Waals surface area contributed by atoms with Crippen LogP contribution in [-0.2, 0) is 12.7 Å². The van der Waals surface area contributed by atoms with Gasteiger partial charge < -0.3 is 10.5 Å². The predicted octanol–water partition coefficient (Wildman–Crippen LogP) is 5.26. The lowest BCUT2D eigenvalue weighted by Crippen LogP contribution is -2.12. The van der Waals surface area contributed by atoms with E-state index in [1.165, 1.54) is 30.3 Å². The zero-order chi connectivity index (χ0) is 15.6. The summed E-state index contributed by atoms with van der Waals surface area (Å²) in [5.74, 6) is 0.277. The summed E-state index contributed by atoms with van der Waals surface area (Å²) >= 11 is 11.6. The molecule has 0 aromatic heterocycles. The summed E-state index contributed by atoms with van der Waals surface area (Å²) in [6.45, 7) is -0.210. The Bertz CT molecular complexity index is 639. The summed E-state index contributed by atoms with van der Waals surface area (Å²) < 4.78 is 44.2. The number of nitrogens with two attached hydrogens (primary N) is 1. The van der Waals surface area contributed by atoms with E-state index in [-0.39, 0.29) is 23.6 Å². The first-order chi connectivity index (χ1) is 9.79. The van der Waals surface area contributed by atoms with Gasteiger partial charge in [0, 0.05) is 16.6 Å². The lowest BCUT2D eigenvalue weighted by atomic mass is 10.1. The third-order valence-corrected chi connectivity index (χ3v) is 3.11. The van der Waals surface area contributed by atoms with Crippen LogP contribution in [0.3, 0.4) is 0 Å². The molecule has 2 aromatic rings. The molecule has 0 heterocycles. The first kappa shape index (κ1) is 15.9. The van der Waals surface area contributed by atoms with E-state index in [9.17, 15) is 13.2 Å². The molecule has 2 rings (SSSR count). The van der Waals surface area contributed by atoms with Crippen LogP contribution in [0.5, 0.6) is 11.5 Å². The molecule has 2 N–H and O–H groups in total. The maximum atomic E-state index is 12.9. The molecule has 0 aliphatic heterocycles. The van der Waals surface area contributed by atoms with Gasteiger partial charge in [-0.05, 0) is 35.9 Å². The van der Waals surface area contributed by atoms with Crippen molar-refractivity contribution in [1.29, 1.82) is 0 Å². The monoisotopic (exact) mass is 335 g/mol. The first-order valence-corrected chi connectivity index (χ1v) is 6.59. The smallest absolute Gasteiger partial charge is 0.416 e. The molecule has 112 valence electrons. The molecule has 0 bridgehead atoms.